The zero-order valence-corrected chi connectivity index (χ0v) is 20.6. The van der Waals surface area contributed by atoms with Crippen LogP contribution in [0.25, 0.3) is 16.9 Å². The van der Waals surface area contributed by atoms with Gasteiger partial charge >= 0.3 is 0 Å². The molecule has 3 rings (SSSR count). The lowest BCUT2D eigenvalue weighted by atomic mass is 9.82. The number of anilines is 1. The highest BCUT2D eigenvalue weighted by molar-refractivity contribution is 5.77. The third-order valence-corrected chi connectivity index (χ3v) is 5.50. The van der Waals surface area contributed by atoms with Crippen molar-refractivity contribution >= 4 is 11.5 Å². The highest BCUT2D eigenvalue weighted by Gasteiger charge is 2.28. The van der Waals surface area contributed by atoms with E-state index in [1.54, 1.807) is 0 Å². The summed E-state index contributed by atoms with van der Waals surface area (Å²) in [6.07, 6.45) is 1.06. The van der Waals surface area contributed by atoms with Gasteiger partial charge in [0.2, 0.25) is 0 Å². The molecule has 0 bridgehead atoms. The Hall–Kier alpha value is -2.29. The lowest BCUT2D eigenvalue weighted by Gasteiger charge is -2.34. The summed E-state index contributed by atoms with van der Waals surface area (Å²) in [5.41, 5.74) is 7.25. The Kier molecular flexibility index (Phi) is 5.56. The monoisotopic (exact) mass is 405 g/mol. The van der Waals surface area contributed by atoms with Crippen molar-refractivity contribution in [2.75, 3.05) is 5.32 Å². The van der Waals surface area contributed by atoms with Gasteiger partial charge in [0.1, 0.15) is 17.2 Å². The lowest BCUT2D eigenvalue weighted by molar-refractivity contribution is 0.302. The van der Waals surface area contributed by atoms with E-state index in [4.69, 9.17) is 4.98 Å². The molecule has 0 spiro atoms. The molecule has 1 N–H and O–H groups in total. The largest absolute Gasteiger partial charge is 0.364 e. The Labute approximate surface area is 182 Å². The van der Waals surface area contributed by atoms with Crippen LogP contribution < -0.4 is 5.32 Å². The summed E-state index contributed by atoms with van der Waals surface area (Å²) in [6, 6.07) is 13.3. The number of hydrogen-bond donors (Lipinski definition) is 1. The number of fused-ring (bicyclic) bond motifs is 1. The molecule has 0 unspecified atom stereocenters. The molecule has 0 saturated heterocycles. The smallest absolute Gasteiger partial charge is 0.139 e. The number of aromatic nitrogens is 2. The molecule has 0 aliphatic carbocycles. The molecule has 0 saturated carbocycles. The molecule has 2 aromatic heterocycles. The Morgan fingerprint density at radius 3 is 2.00 bits per heavy atom. The third kappa shape index (κ3) is 4.88. The van der Waals surface area contributed by atoms with E-state index in [9.17, 15) is 0 Å². The van der Waals surface area contributed by atoms with Crippen LogP contribution in [0, 0.1) is 19.3 Å². The Morgan fingerprint density at radius 1 is 0.867 bits per heavy atom. The maximum Gasteiger partial charge on any atom is 0.139 e. The van der Waals surface area contributed by atoms with Crippen LogP contribution in [0.5, 0.6) is 0 Å². The number of pyridine rings is 1. The lowest BCUT2D eigenvalue weighted by Crippen LogP contribution is -2.36. The van der Waals surface area contributed by atoms with Crippen LogP contribution >= 0.6 is 0 Å². The van der Waals surface area contributed by atoms with Gasteiger partial charge in [-0.25, -0.2) is 4.98 Å². The average molecular weight is 406 g/mol. The molecule has 0 aliphatic heterocycles. The van der Waals surface area contributed by atoms with E-state index in [1.807, 2.05) is 0 Å². The molecule has 3 nitrogen and oxygen atoms in total. The molecular formula is C27H39N3. The number of imidazole rings is 1. The first-order valence-corrected chi connectivity index (χ1v) is 11.1. The molecule has 162 valence electrons. The van der Waals surface area contributed by atoms with Crippen molar-refractivity contribution in [3.05, 3.63) is 53.2 Å². The summed E-state index contributed by atoms with van der Waals surface area (Å²) in [4.78, 5) is 5.08. The second-order valence-corrected chi connectivity index (χ2v) is 11.8. The van der Waals surface area contributed by atoms with E-state index < -0.39 is 0 Å². The van der Waals surface area contributed by atoms with Crippen molar-refractivity contribution in [3.8, 4) is 11.3 Å². The first-order chi connectivity index (χ1) is 13.7. The van der Waals surface area contributed by atoms with Gasteiger partial charge in [-0.05, 0) is 68.2 Å². The molecular weight excluding hydrogens is 366 g/mol. The van der Waals surface area contributed by atoms with Gasteiger partial charge in [0, 0.05) is 16.8 Å². The molecule has 0 aliphatic rings. The fraction of sp³-hybridized carbons (Fsp3) is 0.519. The van der Waals surface area contributed by atoms with Crippen LogP contribution in [0.2, 0.25) is 0 Å². The van der Waals surface area contributed by atoms with Gasteiger partial charge in [0.25, 0.3) is 0 Å². The highest BCUT2D eigenvalue weighted by Crippen LogP contribution is 2.36. The van der Waals surface area contributed by atoms with E-state index >= 15 is 0 Å². The van der Waals surface area contributed by atoms with Crippen molar-refractivity contribution in [1.82, 2.24) is 9.38 Å². The Balaban J connectivity index is 2.16. The summed E-state index contributed by atoms with van der Waals surface area (Å²) in [7, 11) is 0. The summed E-state index contributed by atoms with van der Waals surface area (Å²) < 4.78 is 2.27. The standard InChI is InChI=1S/C27H39N3/c1-18-15-19(2)30-22(16-18)28-23(20-11-13-21(14-12-20)26(6,7)8)24(30)29-27(9,10)17-25(3,4)5/h11-16,29H,17H2,1-10H3. The predicted octanol–water partition coefficient (Wildman–Crippen LogP) is 7.54. The molecule has 1 aromatic carbocycles. The zero-order chi connectivity index (χ0) is 22.5. The SMILES string of the molecule is Cc1cc(C)n2c(NC(C)(C)CC(C)(C)C)c(-c3ccc(C(C)(C)C)cc3)nc2c1. The molecule has 30 heavy (non-hydrogen) atoms. The topological polar surface area (TPSA) is 29.3 Å². The summed E-state index contributed by atoms with van der Waals surface area (Å²) >= 11 is 0. The Bertz CT molecular complexity index is 1040. The molecule has 0 radical (unpaired) electrons. The van der Waals surface area contributed by atoms with Gasteiger partial charge in [-0.3, -0.25) is 4.40 Å². The minimum atomic E-state index is -0.0638. The average Bonchev–Trinajstić information content (AvgIpc) is 2.89. The number of nitrogens with zero attached hydrogens (tertiary/aromatic N) is 2. The van der Waals surface area contributed by atoms with Gasteiger partial charge in [-0.1, -0.05) is 65.8 Å². The number of benzene rings is 1. The normalized spacial score (nSPS) is 13.1. The molecule has 0 amide bonds. The maximum absolute atomic E-state index is 5.08. The minimum absolute atomic E-state index is 0.0638. The second-order valence-electron chi connectivity index (χ2n) is 11.8. The van der Waals surface area contributed by atoms with Crippen molar-refractivity contribution < 1.29 is 0 Å². The van der Waals surface area contributed by atoms with E-state index in [2.05, 4.69) is 115 Å². The summed E-state index contributed by atoms with van der Waals surface area (Å²) in [6.45, 7) is 22.5. The van der Waals surface area contributed by atoms with E-state index in [0.29, 0.717) is 0 Å². The predicted molar refractivity (Wildman–Crippen MR) is 131 cm³/mol. The molecule has 3 heteroatoms. The van der Waals surface area contributed by atoms with Gasteiger partial charge in [0.15, 0.2) is 0 Å². The van der Waals surface area contributed by atoms with E-state index in [0.717, 1.165) is 29.1 Å². The van der Waals surface area contributed by atoms with Crippen LogP contribution in [0.3, 0.4) is 0 Å². The van der Waals surface area contributed by atoms with E-state index in [1.165, 1.54) is 16.8 Å². The second kappa shape index (κ2) is 7.44. The van der Waals surface area contributed by atoms with Crippen molar-refractivity contribution in [2.24, 2.45) is 5.41 Å². The maximum atomic E-state index is 5.08. The van der Waals surface area contributed by atoms with Gasteiger partial charge in [0.05, 0.1) is 0 Å². The first-order valence-electron chi connectivity index (χ1n) is 11.1. The van der Waals surface area contributed by atoms with Crippen molar-refractivity contribution in [1.29, 1.82) is 0 Å². The highest BCUT2D eigenvalue weighted by atomic mass is 15.2. The number of rotatable bonds is 4. The summed E-state index contributed by atoms with van der Waals surface area (Å²) in [5, 5.41) is 3.87. The van der Waals surface area contributed by atoms with Gasteiger partial charge in [-0.2, -0.15) is 0 Å². The number of aryl methyl sites for hydroxylation is 2. The number of nitrogens with one attached hydrogen (secondary N) is 1. The first kappa shape index (κ1) is 22.4. The van der Waals surface area contributed by atoms with Crippen LogP contribution in [-0.2, 0) is 5.41 Å². The number of hydrogen-bond acceptors (Lipinski definition) is 2. The minimum Gasteiger partial charge on any atom is -0.364 e. The quantitative estimate of drug-likeness (QED) is 0.486. The van der Waals surface area contributed by atoms with E-state index in [-0.39, 0.29) is 16.4 Å². The fourth-order valence-electron chi connectivity index (χ4n) is 4.67. The molecule has 0 fully saturated rings. The van der Waals surface area contributed by atoms with Gasteiger partial charge in [-0.15, -0.1) is 0 Å². The zero-order valence-electron chi connectivity index (χ0n) is 20.6. The van der Waals surface area contributed by atoms with Crippen molar-refractivity contribution in [2.45, 2.75) is 86.6 Å². The molecule has 2 heterocycles. The molecule has 0 atom stereocenters. The van der Waals surface area contributed by atoms with Crippen LogP contribution in [0.15, 0.2) is 36.4 Å². The Morgan fingerprint density at radius 2 is 1.47 bits per heavy atom. The van der Waals surface area contributed by atoms with Crippen LogP contribution in [0.4, 0.5) is 5.82 Å². The van der Waals surface area contributed by atoms with Crippen LogP contribution in [-0.4, -0.2) is 14.9 Å². The van der Waals surface area contributed by atoms with Crippen molar-refractivity contribution in [3.63, 3.8) is 0 Å². The van der Waals surface area contributed by atoms with Crippen LogP contribution in [0.1, 0.15) is 78.6 Å². The third-order valence-electron chi connectivity index (χ3n) is 5.50. The van der Waals surface area contributed by atoms with Gasteiger partial charge < -0.3 is 5.32 Å². The molecule has 3 aromatic rings. The fourth-order valence-corrected chi connectivity index (χ4v) is 4.67. The summed E-state index contributed by atoms with van der Waals surface area (Å²) in [5.74, 6) is 1.08.